The van der Waals surface area contributed by atoms with E-state index >= 15 is 0 Å². The van der Waals surface area contributed by atoms with Crippen LogP contribution in [-0.2, 0) is 0 Å². The van der Waals surface area contributed by atoms with Crippen molar-refractivity contribution in [2.45, 2.75) is 71.3 Å². The summed E-state index contributed by atoms with van der Waals surface area (Å²) in [5.41, 5.74) is 3.56. The number of hydrogen-bond donors (Lipinski definition) is 0. The minimum absolute atomic E-state index is 0.204. The van der Waals surface area contributed by atoms with Crippen LogP contribution in [0.2, 0.25) is 0 Å². The number of nitrogens with zero attached hydrogens (tertiary/aromatic N) is 1. The number of likely N-dealkylation sites (N-methyl/N-ethyl adjacent to an activating group) is 1. The number of aryl methyl sites for hydroxylation is 1. The molecule has 4 rings (SSSR count). The van der Waals surface area contributed by atoms with Crippen LogP contribution in [0.4, 0.5) is 4.79 Å². The predicted molar refractivity (Wildman–Crippen MR) is 122 cm³/mol. The van der Waals surface area contributed by atoms with Crippen LogP contribution in [0.15, 0.2) is 48.5 Å². The molecule has 0 radical (unpaired) electrons. The van der Waals surface area contributed by atoms with E-state index in [4.69, 9.17) is 4.74 Å². The number of carbonyl (C=O) groups excluding carboxylic acids is 1. The molecule has 3 atom stereocenters. The van der Waals surface area contributed by atoms with Crippen LogP contribution in [0.5, 0.6) is 5.75 Å². The van der Waals surface area contributed by atoms with Gasteiger partial charge in [-0.05, 0) is 60.8 Å². The molecule has 1 amide bonds. The SMILES string of the molecule is CCN(C(=O)Oc1cc(C)ccc1C(C)C)C1C(CCC2CC2)C1c1ccccc1. The Morgan fingerprint density at radius 3 is 2.47 bits per heavy atom. The van der Waals surface area contributed by atoms with Gasteiger partial charge in [0.05, 0.1) is 0 Å². The zero-order valence-corrected chi connectivity index (χ0v) is 18.8. The van der Waals surface area contributed by atoms with Gasteiger partial charge >= 0.3 is 6.09 Å². The van der Waals surface area contributed by atoms with Crippen molar-refractivity contribution in [1.29, 1.82) is 0 Å². The van der Waals surface area contributed by atoms with Crippen molar-refractivity contribution in [2.75, 3.05) is 6.54 Å². The second kappa shape index (κ2) is 8.83. The summed E-state index contributed by atoms with van der Waals surface area (Å²) in [5.74, 6) is 2.92. The van der Waals surface area contributed by atoms with Crippen molar-refractivity contribution in [3.05, 3.63) is 65.2 Å². The molecule has 3 nitrogen and oxygen atoms in total. The summed E-state index contributed by atoms with van der Waals surface area (Å²) in [6, 6.07) is 17.1. The highest BCUT2D eigenvalue weighted by Crippen LogP contribution is 2.55. The zero-order chi connectivity index (χ0) is 21.3. The van der Waals surface area contributed by atoms with Crippen LogP contribution in [0.3, 0.4) is 0 Å². The molecule has 2 aliphatic rings. The summed E-state index contributed by atoms with van der Waals surface area (Å²) in [7, 11) is 0. The first-order valence-electron chi connectivity index (χ1n) is 11.6. The third-order valence-corrected chi connectivity index (χ3v) is 6.84. The van der Waals surface area contributed by atoms with E-state index in [1.54, 1.807) is 0 Å². The quantitative estimate of drug-likeness (QED) is 0.477. The van der Waals surface area contributed by atoms with E-state index in [1.807, 2.05) is 17.9 Å². The number of amides is 1. The van der Waals surface area contributed by atoms with Gasteiger partial charge in [-0.3, -0.25) is 0 Å². The van der Waals surface area contributed by atoms with Crippen molar-refractivity contribution < 1.29 is 9.53 Å². The zero-order valence-electron chi connectivity index (χ0n) is 18.8. The molecule has 2 aromatic carbocycles. The second-order valence-electron chi connectivity index (χ2n) is 9.46. The van der Waals surface area contributed by atoms with Crippen LogP contribution in [0.1, 0.15) is 75.0 Å². The second-order valence-corrected chi connectivity index (χ2v) is 9.46. The van der Waals surface area contributed by atoms with E-state index in [9.17, 15) is 4.79 Å². The van der Waals surface area contributed by atoms with E-state index in [2.05, 4.69) is 63.2 Å². The predicted octanol–water partition coefficient (Wildman–Crippen LogP) is 6.91. The Balaban J connectivity index is 1.52. The van der Waals surface area contributed by atoms with Crippen LogP contribution in [-0.4, -0.2) is 23.6 Å². The fourth-order valence-electron chi connectivity index (χ4n) is 4.91. The molecule has 30 heavy (non-hydrogen) atoms. The lowest BCUT2D eigenvalue weighted by Gasteiger charge is -2.23. The third-order valence-electron chi connectivity index (χ3n) is 6.84. The van der Waals surface area contributed by atoms with Gasteiger partial charge in [-0.25, -0.2) is 4.79 Å². The molecule has 0 aromatic heterocycles. The number of hydrogen-bond acceptors (Lipinski definition) is 2. The number of rotatable bonds is 8. The lowest BCUT2D eigenvalue weighted by Crippen LogP contribution is -2.37. The summed E-state index contributed by atoms with van der Waals surface area (Å²) < 4.78 is 6.00. The minimum Gasteiger partial charge on any atom is -0.410 e. The molecule has 0 spiro atoms. The number of benzene rings is 2. The van der Waals surface area contributed by atoms with Gasteiger partial charge < -0.3 is 9.64 Å². The van der Waals surface area contributed by atoms with E-state index < -0.39 is 0 Å². The van der Waals surface area contributed by atoms with Crippen LogP contribution >= 0.6 is 0 Å². The average molecular weight is 406 g/mol. The maximum absolute atomic E-state index is 13.3. The summed E-state index contributed by atoms with van der Waals surface area (Å²) in [6.45, 7) is 9.06. The van der Waals surface area contributed by atoms with Gasteiger partial charge in [0.1, 0.15) is 5.75 Å². The molecule has 160 valence electrons. The Hall–Kier alpha value is -2.29. The summed E-state index contributed by atoms with van der Waals surface area (Å²) in [6.07, 6.45) is 5.08. The normalized spacial score (nSPS) is 22.8. The van der Waals surface area contributed by atoms with E-state index in [0.717, 1.165) is 17.0 Å². The van der Waals surface area contributed by atoms with Crippen molar-refractivity contribution >= 4 is 6.09 Å². The standard InChI is InChI=1S/C27H35NO2/c1-5-28(27(29)30-24-17-19(4)11-15-22(24)18(2)3)26-23(16-14-20-12-13-20)25(26)21-9-7-6-8-10-21/h6-11,15,17-18,20,23,25-26H,5,12-14,16H2,1-4H3. The molecular formula is C27H35NO2. The van der Waals surface area contributed by atoms with Crippen molar-refractivity contribution in [3.63, 3.8) is 0 Å². The first-order chi connectivity index (χ1) is 14.5. The third kappa shape index (κ3) is 4.55. The van der Waals surface area contributed by atoms with Gasteiger partial charge in [0.15, 0.2) is 0 Å². The molecule has 3 heteroatoms. The average Bonchev–Trinajstić information content (AvgIpc) is 3.63. The van der Waals surface area contributed by atoms with Crippen molar-refractivity contribution in [2.24, 2.45) is 11.8 Å². The Bertz CT molecular complexity index is 872. The molecule has 2 aromatic rings. The fourth-order valence-corrected chi connectivity index (χ4v) is 4.91. The lowest BCUT2D eigenvalue weighted by atomic mass is 10.0. The minimum atomic E-state index is -0.204. The topological polar surface area (TPSA) is 29.5 Å². The molecular weight excluding hydrogens is 370 g/mol. The Labute approximate surface area is 181 Å². The molecule has 0 saturated heterocycles. The first kappa shape index (κ1) is 21.0. The van der Waals surface area contributed by atoms with Crippen molar-refractivity contribution in [3.8, 4) is 5.75 Å². The summed E-state index contributed by atoms with van der Waals surface area (Å²) >= 11 is 0. The monoisotopic (exact) mass is 405 g/mol. The van der Waals surface area contributed by atoms with Gasteiger partial charge in [-0.2, -0.15) is 0 Å². The Morgan fingerprint density at radius 1 is 1.10 bits per heavy atom. The molecule has 2 saturated carbocycles. The lowest BCUT2D eigenvalue weighted by molar-refractivity contribution is 0.148. The molecule has 0 bridgehead atoms. The van der Waals surface area contributed by atoms with Crippen LogP contribution in [0.25, 0.3) is 0 Å². The summed E-state index contributed by atoms with van der Waals surface area (Å²) in [5, 5.41) is 0. The molecule has 2 fully saturated rings. The van der Waals surface area contributed by atoms with Gasteiger partial charge in [0.25, 0.3) is 0 Å². The molecule has 3 unspecified atom stereocenters. The Kier molecular flexibility index (Phi) is 6.17. The van der Waals surface area contributed by atoms with E-state index in [0.29, 0.717) is 30.0 Å². The largest absolute Gasteiger partial charge is 0.415 e. The fraction of sp³-hybridized carbons (Fsp3) is 0.519. The highest BCUT2D eigenvalue weighted by molar-refractivity contribution is 5.72. The van der Waals surface area contributed by atoms with Crippen LogP contribution in [0, 0.1) is 18.8 Å². The van der Waals surface area contributed by atoms with Gasteiger partial charge in [-0.15, -0.1) is 0 Å². The molecule has 0 N–H and O–H groups in total. The maximum atomic E-state index is 13.3. The Morgan fingerprint density at radius 2 is 1.83 bits per heavy atom. The highest BCUT2D eigenvalue weighted by atomic mass is 16.6. The van der Waals surface area contributed by atoms with Crippen molar-refractivity contribution in [1.82, 2.24) is 4.90 Å². The van der Waals surface area contributed by atoms with Gasteiger partial charge in [0.2, 0.25) is 0 Å². The highest BCUT2D eigenvalue weighted by Gasteiger charge is 2.55. The van der Waals surface area contributed by atoms with Gasteiger partial charge in [0, 0.05) is 18.5 Å². The molecule has 0 heterocycles. The van der Waals surface area contributed by atoms with Crippen LogP contribution < -0.4 is 4.74 Å². The summed E-state index contributed by atoms with van der Waals surface area (Å²) in [4.78, 5) is 15.3. The van der Waals surface area contributed by atoms with Gasteiger partial charge in [-0.1, -0.05) is 75.6 Å². The number of carbonyl (C=O) groups is 1. The number of ether oxygens (including phenoxy) is 1. The van der Waals surface area contributed by atoms with E-state index in [-0.39, 0.29) is 12.1 Å². The first-order valence-corrected chi connectivity index (χ1v) is 11.6. The molecule has 0 aliphatic heterocycles. The molecule has 2 aliphatic carbocycles. The van der Waals surface area contributed by atoms with E-state index in [1.165, 1.54) is 31.2 Å². The smallest absolute Gasteiger partial charge is 0.410 e. The maximum Gasteiger partial charge on any atom is 0.415 e.